The van der Waals surface area contributed by atoms with Crippen LogP contribution in [0.4, 0.5) is 0 Å². The Bertz CT molecular complexity index is 692. The summed E-state index contributed by atoms with van der Waals surface area (Å²) in [6, 6.07) is 7.16. The highest BCUT2D eigenvalue weighted by Crippen LogP contribution is 2.25. The molecule has 1 saturated carbocycles. The number of fused-ring (bicyclic) bond motifs is 1. The van der Waals surface area contributed by atoms with Crippen LogP contribution in [0, 0.1) is 5.92 Å². The SMILES string of the molecule is O=C(N[C@@H]1CCCCC[C@@H]1C(=O)O)c1cccc2cc[nH]c12. The van der Waals surface area contributed by atoms with Crippen molar-refractivity contribution in [1.82, 2.24) is 10.3 Å². The lowest BCUT2D eigenvalue weighted by molar-refractivity contribution is -0.142. The first-order chi connectivity index (χ1) is 10.7. The molecule has 5 nitrogen and oxygen atoms in total. The highest BCUT2D eigenvalue weighted by Gasteiger charge is 2.31. The molecule has 22 heavy (non-hydrogen) atoms. The first kappa shape index (κ1) is 14.6. The number of aromatic nitrogens is 1. The molecule has 0 unspecified atom stereocenters. The summed E-state index contributed by atoms with van der Waals surface area (Å²) in [5, 5.41) is 13.3. The van der Waals surface area contributed by atoms with Crippen molar-refractivity contribution in [1.29, 1.82) is 0 Å². The molecule has 0 aliphatic heterocycles. The highest BCUT2D eigenvalue weighted by molar-refractivity contribution is 6.05. The van der Waals surface area contributed by atoms with Gasteiger partial charge >= 0.3 is 5.97 Å². The molecule has 1 heterocycles. The number of carboxylic acids is 1. The summed E-state index contributed by atoms with van der Waals surface area (Å²) in [6.07, 6.45) is 6.06. The van der Waals surface area contributed by atoms with Gasteiger partial charge in [0.05, 0.1) is 17.0 Å². The predicted molar refractivity (Wildman–Crippen MR) is 83.8 cm³/mol. The van der Waals surface area contributed by atoms with E-state index >= 15 is 0 Å². The van der Waals surface area contributed by atoms with E-state index in [1.165, 1.54) is 0 Å². The molecule has 0 radical (unpaired) electrons. The van der Waals surface area contributed by atoms with E-state index < -0.39 is 11.9 Å². The maximum Gasteiger partial charge on any atom is 0.308 e. The molecule has 2 aromatic rings. The van der Waals surface area contributed by atoms with Gasteiger partial charge in [-0.3, -0.25) is 9.59 Å². The molecular weight excluding hydrogens is 280 g/mol. The minimum atomic E-state index is -0.815. The minimum absolute atomic E-state index is 0.203. The number of hydrogen-bond donors (Lipinski definition) is 3. The molecule has 1 aromatic heterocycles. The summed E-state index contributed by atoms with van der Waals surface area (Å²) in [4.78, 5) is 27.1. The largest absolute Gasteiger partial charge is 0.481 e. The predicted octanol–water partition coefficient (Wildman–Crippen LogP) is 2.93. The minimum Gasteiger partial charge on any atom is -0.481 e. The number of H-pyrrole nitrogens is 1. The highest BCUT2D eigenvalue weighted by atomic mass is 16.4. The van der Waals surface area contributed by atoms with Gasteiger partial charge in [0, 0.05) is 17.6 Å². The number of amides is 1. The van der Waals surface area contributed by atoms with Gasteiger partial charge in [-0.2, -0.15) is 0 Å². The van der Waals surface area contributed by atoms with Gasteiger partial charge in [0.1, 0.15) is 0 Å². The fourth-order valence-electron chi connectivity index (χ4n) is 3.30. The summed E-state index contributed by atoms with van der Waals surface area (Å²) >= 11 is 0. The van der Waals surface area contributed by atoms with Crippen LogP contribution in [0.25, 0.3) is 10.9 Å². The van der Waals surface area contributed by atoms with Gasteiger partial charge in [-0.25, -0.2) is 0 Å². The van der Waals surface area contributed by atoms with Crippen molar-refractivity contribution in [3.8, 4) is 0 Å². The van der Waals surface area contributed by atoms with E-state index in [-0.39, 0.29) is 11.9 Å². The number of carbonyl (C=O) groups excluding carboxylic acids is 1. The van der Waals surface area contributed by atoms with E-state index in [1.54, 1.807) is 12.3 Å². The van der Waals surface area contributed by atoms with Crippen molar-refractivity contribution in [2.24, 2.45) is 5.92 Å². The lowest BCUT2D eigenvalue weighted by Crippen LogP contribution is -2.42. The van der Waals surface area contributed by atoms with E-state index in [2.05, 4.69) is 10.3 Å². The maximum absolute atomic E-state index is 12.6. The van der Waals surface area contributed by atoms with Crippen LogP contribution in [0.1, 0.15) is 42.5 Å². The first-order valence-corrected chi connectivity index (χ1v) is 7.76. The van der Waals surface area contributed by atoms with Crippen molar-refractivity contribution >= 4 is 22.8 Å². The van der Waals surface area contributed by atoms with Gasteiger partial charge in [-0.05, 0) is 25.0 Å². The van der Waals surface area contributed by atoms with Gasteiger partial charge < -0.3 is 15.4 Å². The Morgan fingerprint density at radius 3 is 2.77 bits per heavy atom. The number of carboxylic acid groups (broad SMARTS) is 1. The molecule has 0 spiro atoms. The molecule has 1 aromatic carbocycles. The van der Waals surface area contributed by atoms with E-state index in [1.807, 2.05) is 18.2 Å². The van der Waals surface area contributed by atoms with Crippen molar-refractivity contribution < 1.29 is 14.7 Å². The number of para-hydroxylation sites is 1. The topological polar surface area (TPSA) is 82.2 Å². The molecular formula is C17H20N2O3. The molecule has 5 heteroatoms. The molecule has 2 atom stereocenters. The van der Waals surface area contributed by atoms with Crippen molar-refractivity contribution in [3.63, 3.8) is 0 Å². The van der Waals surface area contributed by atoms with Gasteiger partial charge in [-0.15, -0.1) is 0 Å². The standard InChI is InChI=1S/C17H20N2O3/c20-16(13-7-4-5-11-9-10-18-15(11)13)19-14-8-3-1-2-6-12(14)17(21)22/h4-5,7,9-10,12,14,18H,1-3,6,8H2,(H,19,20)(H,21,22)/t12-,14+/m0/s1. The van der Waals surface area contributed by atoms with E-state index in [4.69, 9.17) is 0 Å². The molecule has 3 N–H and O–H groups in total. The van der Waals surface area contributed by atoms with E-state index in [9.17, 15) is 14.7 Å². The second-order valence-corrected chi connectivity index (χ2v) is 5.91. The Labute approximate surface area is 128 Å². The number of benzene rings is 1. The van der Waals surface area contributed by atoms with Crippen LogP contribution < -0.4 is 5.32 Å². The Morgan fingerprint density at radius 2 is 1.95 bits per heavy atom. The van der Waals surface area contributed by atoms with Crippen molar-refractivity contribution in [2.75, 3.05) is 0 Å². The molecule has 1 aliphatic carbocycles. The quantitative estimate of drug-likeness (QED) is 0.762. The number of nitrogens with one attached hydrogen (secondary N) is 2. The molecule has 0 saturated heterocycles. The number of aromatic amines is 1. The zero-order chi connectivity index (χ0) is 15.5. The van der Waals surface area contributed by atoms with E-state index in [0.717, 1.165) is 36.6 Å². The first-order valence-electron chi connectivity index (χ1n) is 7.76. The zero-order valence-corrected chi connectivity index (χ0v) is 12.3. The van der Waals surface area contributed by atoms with Crippen molar-refractivity contribution in [3.05, 3.63) is 36.0 Å². The maximum atomic E-state index is 12.6. The van der Waals surface area contributed by atoms with Crippen LogP contribution in [-0.4, -0.2) is 28.0 Å². The summed E-state index contributed by atoms with van der Waals surface area (Å²) in [7, 11) is 0. The normalized spacial score (nSPS) is 22.2. The Balaban J connectivity index is 1.83. The van der Waals surface area contributed by atoms with Crippen LogP contribution >= 0.6 is 0 Å². The number of aliphatic carboxylic acids is 1. The molecule has 1 aliphatic rings. The van der Waals surface area contributed by atoms with Gasteiger partial charge in [0.15, 0.2) is 0 Å². The summed E-state index contributed by atoms with van der Waals surface area (Å²) in [5.41, 5.74) is 1.36. The summed E-state index contributed by atoms with van der Waals surface area (Å²) < 4.78 is 0. The Kier molecular flexibility index (Phi) is 4.13. The van der Waals surface area contributed by atoms with Crippen LogP contribution in [0.15, 0.2) is 30.5 Å². The monoisotopic (exact) mass is 300 g/mol. The molecule has 0 bridgehead atoms. The number of rotatable bonds is 3. The second kappa shape index (κ2) is 6.22. The molecule has 1 fully saturated rings. The summed E-state index contributed by atoms with van der Waals surface area (Å²) in [5.74, 6) is -1.51. The van der Waals surface area contributed by atoms with Gasteiger partial charge in [0.25, 0.3) is 5.91 Å². The lowest BCUT2D eigenvalue weighted by atomic mass is 9.94. The zero-order valence-electron chi connectivity index (χ0n) is 12.3. The molecule has 3 rings (SSSR count). The third-order valence-corrected chi connectivity index (χ3v) is 4.48. The van der Waals surface area contributed by atoms with Gasteiger partial charge in [0.2, 0.25) is 0 Å². The number of hydrogen-bond acceptors (Lipinski definition) is 2. The smallest absolute Gasteiger partial charge is 0.308 e. The van der Waals surface area contributed by atoms with Crippen LogP contribution in [0.5, 0.6) is 0 Å². The molecule has 1 amide bonds. The Hall–Kier alpha value is -2.30. The lowest BCUT2D eigenvalue weighted by Gasteiger charge is -2.23. The van der Waals surface area contributed by atoms with Gasteiger partial charge in [-0.1, -0.05) is 31.4 Å². The van der Waals surface area contributed by atoms with Crippen molar-refractivity contribution in [2.45, 2.75) is 38.1 Å². The second-order valence-electron chi connectivity index (χ2n) is 5.91. The Morgan fingerprint density at radius 1 is 1.14 bits per heavy atom. The fourth-order valence-corrected chi connectivity index (χ4v) is 3.30. The third-order valence-electron chi connectivity index (χ3n) is 4.48. The van der Waals surface area contributed by atoms with Crippen LogP contribution in [0.3, 0.4) is 0 Å². The fraction of sp³-hybridized carbons (Fsp3) is 0.412. The average molecular weight is 300 g/mol. The van der Waals surface area contributed by atoms with Crippen LogP contribution in [0.2, 0.25) is 0 Å². The third kappa shape index (κ3) is 2.84. The molecule has 116 valence electrons. The van der Waals surface area contributed by atoms with E-state index in [0.29, 0.717) is 12.0 Å². The number of carbonyl (C=O) groups is 2. The summed E-state index contributed by atoms with van der Waals surface area (Å²) in [6.45, 7) is 0. The van der Waals surface area contributed by atoms with Crippen LogP contribution in [-0.2, 0) is 4.79 Å². The average Bonchev–Trinajstić information content (AvgIpc) is 2.86.